The van der Waals surface area contributed by atoms with Crippen LogP contribution in [-0.4, -0.2) is 35.8 Å². The molecule has 0 aromatic heterocycles. The van der Waals surface area contributed by atoms with Crippen molar-refractivity contribution in [3.63, 3.8) is 0 Å². The van der Waals surface area contributed by atoms with Crippen LogP contribution in [-0.2, 0) is 0 Å². The molecule has 0 radical (unpaired) electrons. The number of rotatable bonds is 5. The molecular formula is C22H32BrNO. The lowest BCUT2D eigenvalue weighted by molar-refractivity contribution is -0.935. The monoisotopic (exact) mass is 405 g/mol. The highest BCUT2D eigenvalue weighted by molar-refractivity contribution is 5.43. The molecule has 0 spiro atoms. The lowest BCUT2D eigenvalue weighted by atomic mass is 9.86. The Morgan fingerprint density at radius 1 is 1.00 bits per heavy atom. The Balaban J connectivity index is 0.00000312. The molecule has 0 bridgehead atoms. The summed E-state index contributed by atoms with van der Waals surface area (Å²) in [6.07, 6.45) is 1.01. The minimum Gasteiger partial charge on any atom is -1.00 e. The normalized spacial score (nSPS) is 13.2. The summed E-state index contributed by atoms with van der Waals surface area (Å²) in [6, 6.07) is 16.5. The molecule has 0 amide bonds. The predicted octanol–water partition coefficient (Wildman–Crippen LogP) is 2.10. The zero-order chi connectivity index (χ0) is 18.0. The van der Waals surface area contributed by atoms with E-state index in [9.17, 15) is 5.11 Å². The standard InChI is InChI=1S/C22H31NO.BrH/c1-17-12-13-21(24)20(16-17)19(18-10-8-7-9-11-18)14-15-23(5,6)22(2,3)4;/h7-13,16,19H,14-15H2,1-6H3;1H/t19-;/m1./s1. The van der Waals surface area contributed by atoms with Gasteiger partial charge in [0, 0.05) is 17.9 Å². The largest absolute Gasteiger partial charge is 1.00 e. The summed E-state index contributed by atoms with van der Waals surface area (Å²) in [7, 11) is 4.58. The Morgan fingerprint density at radius 3 is 2.16 bits per heavy atom. The van der Waals surface area contributed by atoms with Crippen LogP contribution >= 0.6 is 0 Å². The molecule has 0 saturated carbocycles. The predicted molar refractivity (Wildman–Crippen MR) is 102 cm³/mol. The van der Waals surface area contributed by atoms with E-state index < -0.39 is 0 Å². The number of hydrogen-bond donors (Lipinski definition) is 1. The first-order valence-electron chi connectivity index (χ1n) is 8.79. The van der Waals surface area contributed by atoms with E-state index in [2.05, 4.69) is 72.1 Å². The van der Waals surface area contributed by atoms with Crippen LogP contribution in [0, 0.1) is 6.92 Å². The van der Waals surface area contributed by atoms with E-state index in [1.54, 1.807) is 0 Å². The fraction of sp³-hybridized carbons (Fsp3) is 0.455. The van der Waals surface area contributed by atoms with Crippen molar-refractivity contribution in [3.8, 4) is 5.75 Å². The molecule has 0 unspecified atom stereocenters. The van der Waals surface area contributed by atoms with Gasteiger partial charge in [0.25, 0.3) is 0 Å². The minimum atomic E-state index is 0. The van der Waals surface area contributed by atoms with Crippen LogP contribution in [0.4, 0.5) is 0 Å². The maximum absolute atomic E-state index is 10.5. The van der Waals surface area contributed by atoms with Crippen LogP contribution in [0.15, 0.2) is 48.5 Å². The molecule has 3 heteroatoms. The van der Waals surface area contributed by atoms with Gasteiger partial charge in [-0.15, -0.1) is 0 Å². The van der Waals surface area contributed by atoms with Crippen molar-refractivity contribution in [2.75, 3.05) is 20.6 Å². The van der Waals surface area contributed by atoms with Gasteiger partial charge < -0.3 is 26.6 Å². The third-order valence-corrected chi connectivity index (χ3v) is 5.55. The number of phenolic OH excluding ortho intramolecular Hbond substituents is 1. The summed E-state index contributed by atoms with van der Waals surface area (Å²) < 4.78 is 0.947. The Hall–Kier alpha value is -1.32. The lowest BCUT2D eigenvalue weighted by Gasteiger charge is -2.43. The average Bonchev–Trinajstić information content (AvgIpc) is 2.50. The second-order valence-corrected chi connectivity index (χ2v) is 8.39. The Morgan fingerprint density at radius 2 is 1.60 bits per heavy atom. The SMILES string of the molecule is Cc1ccc(O)c([C@H](CC[N+](C)(C)C(C)(C)C)c2ccccc2)c1.[Br-]. The summed E-state index contributed by atoms with van der Waals surface area (Å²) in [5.74, 6) is 0.612. The third-order valence-electron chi connectivity index (χ3n) is 5.55. The van der Waals surface area contributed by atoms with Gasteiger partial charge in [-0.2, -0.15) is 0 Å². The number of nitrogens with zero attached hydrogens (tertiary/aromatic N) is 1. The summed E-state index contributed by atoms with van der Waals surface area (Å²) in [5.41, 5.74) is 3.69. The van der Waals surface area contributed by atoms with Crippen molar-refractivity contribution in [3.05, 3.63) is 65.2 Å². The molecule has 2 aromatic rings. The molecule has 1 N–H and O–H groups in total. The Bertz CT molecular complexity index is 674. The lowest BCUT2D eigenvalue weighted by Crippen LogP contribution is -3.00. The molecule has 2 rings (SSSR count). The number of aryl methyl sites for hydroxylation is 1. The summed E-state index contributed by atoms with van der Waals surface area (Å²) >= 11 is 0. The topological polar surface area (TPSA) is 20.2 Å². The van der Waals surface area contributed by atoms with Crippen LogP contribution in [0.3, 0.4) is 0 Å². The smallest absolute Gasteiger partial charge is 0.119 e. The second kappa shape index (κ2) is 8.37. The van der Waals surface area contributed by atoms with E-state index in [1.165, 1.54) is 11.1 Å². The fourth-order valence-corrected chi connectivity index (χ4v) is 2.93. The highest BCUT2D eigenvalue weighted by atomic mass is 79.9. The maximum Gasteiger partial charge on any atom is 0.119 e. The number of hydrogen-bond acceptors (Lipinski definition) is 1. The molecule has 0 aliphatic carbocycles. The molecule has 2 aromatic carbocycles. The zero-order valence-corrected chi connectivity index (χ0v) is 18.0. The van der Waals surface area contributed by atoms with Crippen molar-refractivity contribution in [2.45, 2.75) is 45.6 Å². The molecule has 138 valence electrons. The van der Waals surface area contributed by atoms with Gasteiger partial charge >= 0.3 is 0 Å². The first-order valence-corrected chi connectivity index (χ1v) is 8.79. The van der Waals surface area contributed by atoms with E-state index in [0.29, 0.717) is 5.75 Å². The zero-order valence-electron chi connectivity index (χ0n) is 16.4. The molecule has 0 saturated heterocycles. The van der Waals surface area contributed by atoms with Gasteiger partial charge in [0.1, 0.15) is 5.75 Å². The van der Waals surface area contributed by atoms with E-state index in [0.717, 1.165) is 23.0 Å². The van der Waals surface area contributed by atoms with Crippen LogP contribution in [0.25, 0.3) is 0 Å². The highest BCUT2D eigenvalue weighted by Gasteiger charge is 2.32. The fourth-order valence-electron chi connectivity index (χ4n) is 2.93. The van der Waals surface area contributed by atoms with E-state index in [1.807, 2.05) is 18.2 Å². The van der Waals surface area contributed by atoms with E-state index >= 15 is 0 Å². The maximum atomic E-state index is 10.5. The van der Waals surface area contributed by atoms with Gasteiger partial charge in [0.2, 0.25) is 0 Å². The number of quaternary nitrogens is 1. The average molecular weight is 406 g/mol. The van der Waals surface area contributed by atoms with Gasteiger partial charge in [0.05, 0.1) is 26.2 Å². The Labute approximate surface area is 163 Å². The van der Waals surface area contributed by atoms with Crippen LogP contribution in [0.1, 0.15) is 49.8 Å². The van der Waals surface area contributed by atoms with Gasteiger partial charge in [-0.05, 0) is 39.3 Å². The van der Waals surface area contributed by atoms with Gasteiger partial charge in [-0.25, -0.2) is 0 Å². The summed E-state index contributed by atoms with van der Waals surface area (Å²) in [5, 5.41) is 10.5. The molecular weight excluding hydrogens is 374 g/mol. The van der Waals surface area contributed by atoms with Crippen LogP contribution in [0.5, 0.6) is 5.75 Å². The van der Waals surface area contributed by atoms with E-state index in [4.69, 9.17) is 0 Å². The highest BCUT2D eigenvalue weighted by Crippen LogP contribution is 2.35. The minimum absolute atomic E-state index is 0. The third kappa shape index (κ3) is 5.32. The van der Waals surface area contributed by atoms with Gasteiger partial charge in [0.15, 0.2) is 0 Å². The molecule has 25 heavy (non-hydrogen) atoms. The number of halogens is 1. The number of aromatic hydroxyl groups is 1. The number of benzene rings is 2. The van der Waals surface area contributed by atoms with E-state index in [-0.39, 0.29) is 28.4 Å². The first kappa shape index (κ1) is 21.7. The van der Waals surface area contributed by atoms with Crippen LogP contribution in [0.2, 0.25) is 0 Å². The molecule has 0 aliphatic rings. The molecule has 1 atom stereocenters. The van der Waals surface area contributed by atoms with Gasteiger partial charge in [-0.1, -0.05) is 48.0 Å². The molecule has 0 aliphatic heterocycles. The molecule has 0 heterocycles. The summed E-state index contributed by atoms with van der Waals surface area (Å²) in [4.78, 5) is 0. The Kier molecular flexibility index (Phi) is 7.28. The van der Waals surface area contributed by atoms with Crippen molar-refractivity contribution in [2.24, 2.45) is 0 Å². The number of phenols is 1. The summed E-state index contributed by atoms with van der Waals surface area (Å²) in [6.45, 7) is 9.99. The first-order chi connectivity index (χ1) is 11.1. The van der Waals surface area contributed by atoms with Crippen molar-refractivity contribution in [1.29, 1.82) is 0 Å². The second-order valence-electron chi connectivity index (χ2n) is 8.39. The van der Waals surface area contributed by atoms with Crippen LogP contribution < -0.4 is 17.0 Å². The van der Waals surface area contributed by atoms with Crippen molar-refractivity contribution < 1.29 is 26.6 Å². The molecule has 0 fully saturated rings. The van der Waals surface area contributed by atoms with Gasteiger partial charge in [-0.3, -0.25) is 0 Å². The van der Waals surface area contributed by atoms with Crippen molar-refractivity contribution >= 4 is 0 Å². The molecule has 2 nitrogen and oxygen atoms in total. The quantitative estimate of drug-likeness (QED) is 0.755. The van der Waals surface area contributed by atoms with Crippen molar-refractivity contribution in [1.82, 2.24) is 0 Å².